The molecule has 7 heteroatoms. The van der Waals surface area contributed by atoms with Gasteiger partial charge in [0, 0.05) is 25.9 Å². The highest BCUT2D eigenvalue weighted by molar-refractivity contribution is 5.96. The van der Waals surface area contributed by atoms with E-state index in [4.69, 9.17) is 10.3 Å². The number of nitrogens with two attached hydrogens (primary N) is 1. The van der Waals surface area contributed by atoms with Crippen molar-refractivity contribution in [1.82, 2.24) is 19.8 Å². The summed E-state index contributed by atoms with van der Waals surface area (Å²) in [6.45, 7) is 4.08. The first-order valence-electron chi connectivity index (χ1n) is 5.86. The van der Waals surface area contributed by atoms with Crippen LogP contribution in [0.2, 0.25) is 0 Å². The summed E-state index contributed by atoms with van der Waals surface area (Å²) in [5.74, 6) is 0.490. The fourth-order valence-electron chi connectivity index (χ4n) is 1.89. The lowest BCUT2D eigenvalue weighted by atomic mass is 10.2. The van der Waals surface area contributed by atoms with E-state index in [0.717, 1.165) is 11.3 Å². The van der Waals surface area contributed by atoms with Gasteiger partial charge >= 0.3 is 0 Å². The van der Waals surface area contributed by atoms with Crippen LogP contribution in [0, 0.1) is 13.8 Å². The molecule has 2 aromatic heterocycles. The van der Waals surface area contributed by atoms with E-state index in [1.165, 1.54) is 4.68 Å². The first-order valence-corrected chi connectivity index (χ1v) is 5.86. The number of aromatic nitrogens is 3. The normalized spacial score (nSPS) is 10.7. The lowest BCUT2D eigenvalue weighted by Crippen LogP contribution is -2.27. The summed E-state index contributed by atoms with van der Waals surface area (Å²) >= 11 is 0. The van der Waals surface area contributed by atoms with Crippen LogP contribution in [0.15, 0.2) is 10.7 Å². The van der Waals surface area contributed by atoms with Crippen molar-refractivity contribution in [3.8, 4) is 0 Å². The Hall–Kier alpha value is -2.31. The van der Waals surface area contributed by atoms with Gasteiger partial charge in [-0.1, -0.05) is 5.16 Å². The SMILES string of the molecule is Cc1noc(C)c1CN(C)C(=O)c1nn(C)cc1N. The van der Waals surface area contributed by atoms with Crippen LogP contribution >= 0.6 is 0 Å². The summed E-state index contributed by atoms with van der Waals surface area (Å²) in [7, 11) is 3.42. The molecular formula is C12H17N5O2. The van der Waals surface area contributed by atoms with Gasteiger partial charge in [-0.05, 0) is 13.8 Å². The maximum absolute atomic E-state index is 12.2. The number of carbonyl (C=O) groups excluding carboxylic acids is 1. The quantitative estimate of drug-likeness (QED) is 0.887. The Morgan fingerprint density at radius 3 is 2.68 bits per heavy atom. The van der Waals surface area contributed by atoms with E-state index >= 15 is 0 Å². The number of carbonyl (C=O) groups is 1. The molecule has 0 spiro atoms. The Morgan fingerprint density at radius 1 is 1.53 bits per heavy atom. The number of hydrogen-bond donors (Lipinski definition) is 1. The van der Waals surface area contributed by atoms with Gasteiger partial charge < -0.3 is 15.2 Å². The third-order valence-electron chi connectivity index (χ3n) is 2.98. The first-order chi connectivity index (χ1) is 8.90. The second-order valence-electron chi connectivity index (χ2n) is 4.57. The van der Waals surface area contributed by atoms with E-state index in [0.29, 0.717) is 18.0 Å². The molecule has 0 saturated carbocycles. The second kappa shape index (κ2) is 4.75. The number of aryl methyl sites for hydroxylation is 3. The van der Waals surface area contributed by atoms with Crippen LogP contribution in [0.25, 0.3) is 0 Å². The van der Waals surface area contributed by atoms with E-state index in [2.05, 4.69) is 10.3 Å². The number of anilines is 1. The molecule has 0 bridgehead atoms. The minimum absolute atomic E-state index is 0.224. The van der Waals surface area contributed by atoms with Gasteiger partial charge in [0.25, 0.3) is 5.91 Å². The molecule has 0 aliphatic rings. The zero-order valence-electron chi connectivity index (χ0n) is 11.5. The van der Waals surface area contributed by atoms with Crippen molar-refractivity contribution >= 4 is 11.6 Å². The topological polar surface area (TPSA) is 90.2 Å². The molecule has 19 heavy (non-hydrogen) atoms. The van der Waals surface area contributed by atoms with E-state index in [1.54, 1.807) is 25.2 Å². The number of rotatable bonds is 3. The van der Waals surface area contributed by atoms with Crippen molar-refractivity contribution in [3.63, 3.8) is 0 Å². The van der Waals surface area contributed by atoms with Gasteiger partial charge in [-0.3, -0.25) is 9.48 Å². The standard InChI is InChI=1S/C12H17N5O2/c1-7-9(8(2)19-15-7)5-16(3)12(18)11-10(13)6-17(4)14-11/h6H,5,13H2,1-4H3. The molecule has 0 unspecified atom stereocenters. The molecule has 2 heterocycles. The lowest BCUT2D eigenvalue weighted by molar-refractivity contribution is 0.0779. The Balaban J connectivity index is 2.19. The van der Waals surface area contributed by atoms with Crippen LogP contribution in [-0.2, 0) is 13.6 Å². The van der Waals surface area contributed by atoms with Crippen molar-refractivity contribution in [2.24, 2.45) is 7.05 Å². The predicted molar refractivity (Wildman–Crippen MR) is 69.4 cm³/mol. The largest absolute Gasteiger partial charge is 0.396 e. The monoisotopic (exact) mass is 263 g/mol. The average Bonchev–Trinajstić information content (AvgIpc) is 2.84. The van der Waals surface area contributed by atoms with Gasteiger partial charge in [0.05, 0.1) is 17.9 Å². The zero-order valence-corrected chi connectivity index (χ0v) is 11.5. The lowest BCUT2D eigenvalue weighted by Gasteiger charge is -2.15. The maximum Gasteiger partial charge on any atom is 0.276 e. The molecule has 1 amide bonds. The third-order valence-corrected chi connectivity index (χ3v) is 2.98. The van der Waals surface area contributed by atoms with Gasteiger partial charge in [-0.15, -0.1) is 0 Å². The van der Waals surface area contributed by atoms with Crippen molar-refractivity contribution in [2.45, 2.75) is 20.4 Å². The summed E-state index contributed by atoms with van der Waals surface area (Å²) in [6, 6.07) is 0. The molecule has 0 aromatic carbocycles. The zero-order chi connectivity index (χ0) is 14.2. The Labute approximate surface area is 111 Å². The van der Waals surface area contributed by atoms with Crippen molar-refractivity contribution < 1.29 is 9.32 Å². The highest BCUT2D eigenvalue weighted by atomic mass is 16.5. The van der Waals surface area contributed by atoms with Crippen LogP contribution in [0.5, 0.6) is 0 Å². The van der Waals surface area contributed by atoms with E-state index in [1.807, 2.05) is 13.8 Å². The van der Waals surface area contributed by atoms with Crippen LogP contribution < -0.4 is 5.73 Å². The van der Waals surface area contributed by atoms with Crippen LogP contribution in [0.4, 0.5) is 5.69 Å². The first kappa shape index (κ1) is 13.1. The fraction of sp³-hybridized carbons (Fsp3) is 0.417. The summed E-state index contributed by atoms with van der Waals surface area (Å²) in [5, 5.41) is 7.93. The van der Waals surface area contributed by atoms with E-state index < -0.39 is 0 Å². The molecule has 0 atom stereocenters. The maximum atomic E-state index is 12.2. The van der Waals surface area contributed by atoms with E-state index in [-0.39, 0.29) is 11.6 Å². The smallest absolute Gasteiger partial charge is 0.276 e. The van der Waals surface area contributed by atoms with Gasteiger partial charge in [0.1, 0.15) is 5.76 Å². The summed E-state index contributed by atoms with van der Waals surface area (Å²) in [6.07, 6.45) is 1.61. The number of nitrogen functional groups attached to an aromatic ring is 1. The van der Waals surface area contributed by atoms with Gasteiger partial charge in [0.15, 0.2) is 5.69 Å². The molecule has 102 valence electrons. The molecule has 0 saturated heterocycles. The number of nitrogens with zero attached hydrogens (tertiary/aromatic N) is 4. The van der Waals surface area contributed by atoms with Gasteiger partial charge in [-0.2, -0.15) is 5.10 Å². The molecule has 0 aliphatic heterocycles. The molecule has 2 aromatic rings. The fourth-order valence-corrected chi connectivity index (χ4v) is 1.89. The van der Waals surface area contributed by atoms with Crippen LogP contribution in [0.1, 0.15) is 27.5 Å². The Bertz CT molecular complexity index is 594. The van der Waals surface area contributed by atoms with Crippen molar-refractivity contribution in [1.29, 1.82) is 0 Å². The molecule has 0 fully saturated rings. The second-order valence-corrected chi connectivity index (χ2v) is 4.57. The Kier molecular flexibility index (Phi) is 3.28. The van der Waals surface area contributed by atoms with Crippen molar-refractivity contribution in [2.75, 3.05) is 12.8 Å². The third kappa shape index (κ3) is 2.44. The minimum atomic E-state index is -0.224. The van der Waals surface area contributed by atoms with Crippen LogP contribution in [-0.4, -0.2) is 32.8 Å². The number of amides is 1. The average molecular weight is 263 g/mol. The molecular weight excluding hydrogens is 246 g/mol. The van der Waals surface area contributed by atoms with Gasteiger partial charge in [0.2, 0.25) is 0 Å². The minimum Gasteiger partial charge on any atom is -0.396 e. The van der Waals surface area contributed by atoms with Gasteiger partial charge in [-0.25, -0.2) is 0 Å². The summed E-state index contributed by atoms with van der Waals surface area (Å²) in [5.41, 5.74) is 8.08. The summed E-state index contributed by atoms with van der Waals surface area (Å²) in [4.78, 5) is 13.8. The highest BCUT2D eigenvalue weighted by Gasteiger charge is 2.20. The van der Waals surface area contributed by atoms with Crippen LogP contribution in [0.3, 0.4) is 0 Å². The molecule has 2 N–H and O–H groups in total. The Morgan fingerprint density at radius 2 is 2.21 bits per heavy atom. The van der Waals surface area contributed by atoms with Crippen molar-refractivity contribution in [3.05, 3.63) is 28.9 Å². The molecule has 0 radical (unpaired) electrons. The number of hydrogen-bond acceptors (Lipinski definition) is 5. The molecule has 2 rings (SSSR count). The molecule has 0 aliphatic carbocycles. The predicted octanol–water partition coefficient (Wildman–Crippen LogP) is 0.879. The highest BCUT2D eigenvalue weighted by Crippen LogP contribution is 2.17. The summed E-state index contributed by atoms with van der Waals surface area (Å²) < 4.78 is 6.60. The molecule has 7 nitrogen and oxygen atoms in total. The van der Waals surface area contributed by atoms with E-state index in [9.17, 15) is 4.79 Å².